The van der Waals surface area contributed by atoms with Crippen molar-refractivity contribution in [1.82, 2.24) is 39.5 Å². The van der Waals surface area contributed by atoms with Crippen LogP contribution in [0.4, 0.5) is 0 Å². The molecule has 0 spiro atoms. The van der Waals surface area contributed by atoms with Crippen molar-refractivity contribution in [2.45, 2.75) is 165 Å². The predicted octanol–water partition coefficient (Wildman–Crippen LogP) is 25.3. The number of hydrogen-bond donors (Lipinski definition) is 2. The van der Waals surface area contributed by atoms with Crippen LogP contribution in [-0.4, -0.2) is 83.1 Å². The minimum atomic E-state index is -0.876. The molecule has 0 aliphatic heterocycles. The molecule has 672 valence electrons. The van der Waals surface area contributed by atoms with Crippen molar-refractivity contribution < 1.29 is 47.4 Å². The van der Waals surface area contributed by atoms with Gasteiger partial charge >= 0.3 is 23.6 Å². The van der Waals surface area contributed by atoms with Gasteiger partial charge in [-0.2, -0.15) is 0 Å². The Morgan fingerprint density at radius 2 is 0.659 bits per heavy atom. The van der Waals surface area contributed by atoms with Crippen LogP contribution in [0.1, 0.15) is 183 Å². The zero-order chi connectivity index (χ0) is 89.9. The molecule has 129 heavy (non-hydrogen) atoms. The quantitative estimate of drug-likeness (QED) is 0.00764. The van der Waals surface area contributed by atoms with Gasteiger partial charge in [0.1, 0.15) is 58.6 Å². The summed E-state index contributed by atoms with van der Waals surface area (Å²) in [6.45, 7) is 20.0. The van der Waals surface area contributed by atoms with Crippen LogP contribution in [0.25, 0.3) is 33.5 Å². The molecule has 0 fully saturated rings. The molecule has 2 N–H and O–H groups in total. The summed E-state index contributed by atoms with van der Waals surface area (Å²) >= 11 is 24.1. The summed E-state index contributed by atoms with van der Waals surface area (Å²) in [5.41, 5.74) is 9.86. The third-order valence-corrected chi connectivity index (χ3v) is 22.1. The second kappa shape index (κ2) is 47.0. The van der Waals surface area contributed by atoms with E-state index in [0.29, 0.717) is 71.4 Å². The Kier molecular flexibility index (Phi) is 36.3. The number of nitrogens with one attached hydrogen (secondary N) is 2. The first kappa shape index (κ1) is 99.5. The molecule has 15 rings (SSSR count). The van der Waals surface area contributed by atoms with Gasteiger partial charge in [-0.05, 0) is 199 Å². The van der Waals surface area contributed by atoms with Gasteiger partial charge in [0.25, 0.3) is 0 Å². The van der Waals surface area contributed by atoms with E-state index in [1.807, 2.05) is 244 Å². The number of carbonyl (C=O) groups is 3. The molecule has 6 aromatic heterocycles. The van der Waals surface area contributed by atoms with Crippen LogP contribution in [-0.2, 0) is 92.5 Å². The molecule has 0 amide bonds. The third-order valence-electron chi connectivity index (χ3n) is 21.2. The number of alkyl halides is 1. The number of unbranched alkanes of at least 4 members (excludes halogenated alkanes) is 3. The lowest BCUT2D eigenvalue weighted by atomic mass is 9.80. The average molecular weight is 1820 g/mol. The fraction of sp³-hybridized carbons (Fsp3) is 0.299. The van der Waals surface area contributed by atoms with E-state index >= 15 is 0 Å². The molecule has 0 aliphatic carbocycles. The van der Waals surface area contributed by atoms with Gasteiger partial charge in [-0.15, -0.1) is 11.6 Å². The van der Waals surface area contributed by atoms with Crippen molar-refractivity contribution in [3.63, 3.8) is 0 Å². The molecule has 9 aromatic carbocycles. The molecule has 0 saturated carbocycles. The largest absolute Gasteiger partial charge is 0.465 e. The highest BCUT2D eigenvalue weighted by atomic mass is 35.5. The summed E-state index contributed by atoms with van der Waals surface area (Å²) < 4.78 is 41.2. The lowest BCUT2D eigenvalue weighted by Crippen LogP contribution is -2.40. The number of H-pyrrole nitrogens is 2. The van der Waals surface area contributed by atoms with Crippen molar-refractivity contribution in [3.8, 4) is 0 Å². The molecule has 6 heterocycles. The number of aryl methyl sites for hydroxylation is 2. The number of hydrogen-bond acceptors (Lipinski definition) is 14. The Morgan fingerprint density at radius 3 is 1.02 bits per heavy atom. The van der Waals surface area contributed by atoms with E-state index in [4.69, 9.17) is 79.8 Å². The van der Waals surface area contributed by atoms with E-state index in [9.17, 15) is 14.4 Å². The summed E-state index contributed by atoms with van der Waals surface area (Å²) in [6, 6.07) is 104. The molecule has 15 aromatic rings. The lowest BCUT2D eigenvalue weighted by Gasteiger charge is -2.36. The maximum Gasteiger partial charge on any atom is 0.311 e. The van der Waals surface area contributed by atoms with Gasteiger partial charge in [0, 0.05) is 12.4 Å². The molecule has 22 heteroatoms. The summed E-state index contributed by atoms with van der Waals surface area (Å²) in [7, 11) is 0. The number of imidazole rings is 3. The molecule has 0 atom stereocenters. The van der Waals surface area contributed by atoms with Gasteiger partial charge in [-0.25, -0.2) is 24.5 Å². The van der Waals surface area contributed by atoms with Crippen LogP contribution in [0.15, 0.2) is 309 Å². The SMILES string of the molecule is C.C.CC(C)(C)C(=O)OCCCCCl.CC(C)(C)C(=O)OCCCC[n+]1c(COC(c2ccccc2)(c2ccccc2)c2ccccc2)[nH]c2ccc(Cl)nc21.CC(C)(C)C(=O)OCCCCn1c(COC(c2ccccc2)(c2ccccc2)c2ccccc2)nc2nc(Cl)ccc21.Clc1ccc2[nH]c(COC(c3ccccc3)(c3ccccc3)c3ccccc3)nc2n1. The molecule has 0 aliphatic rings. The van der Waals surface area contributed by atoms with Crippen LogP contribution in [0.2, 0.25) is 15.5 Å². The normalized spacial score (nSPS) is 11.7. The minimum Gasteiger partial charge on any atom is -0.465 e. The fourth-order valence-electron chi connectivity index (χ4n) is 14.7. The highest BCUT2D eigenvalue weighted by molar-refractivity contribution is 6.30. The van der Waals surface area contributed by atoms with Crippen LogP contribution in [0.5, 0.6) is 0 Å². The summed E-state index contributed by atoms with van der Waals surface area (Å²) in [4.78, 5) is 65.2. The van der Waals surface area contributed by atoms with E-state index in [1.54, 1.807) is 18.2 Å². The third kappa shape index (κ3) is 25.7. The van der Waals surface area contributed by atoms with E-state index in [0.717, 1.165) is 122 Å². The Hall–Kier alpha value is -11.7. The summed E-state index contributed by atoms with van der Waals surface area (Å²) in [6.07, 6.45) is 4.79. The smallest absolute Gasteiger partial charge is 0.311 e. The number of halogens is 4. The van der Waals surface area contributed by atoms with Crippen molar-refractivity contribution >= 4 is 97.8 Å². The second-order valence-corrected chi connectivity index (χ2v) is 35.3. The van der Waals surface area contributed by atoms with Crippen LogP contribution in [0, 0.1) is 16.2 Å². The van der Waals surface area contributed by atoms with Gasteiger partial charge in [0.2, 0.25) is 11.0 Å². The number of esters is 3. The molecular weight excluding hydrogens is 1700 g/mol. The van der Waals surface area contributed by atoms with Gasteiger partial charge in [0.15, 0.2) is 16.8 Å². The average Bonchev–Trinajstić information content (AvgIpc) is 1.63. The van der Waals surface area contributed by atoms with Gasteiger partial charge in [0.05, 0.1) is 53.6 Å². The van der Waals surface area contributed by atoms with Crippen molar-refractivity contribution in [3.05, 3.63) is 392 Å². The van der Waals surface area contributed by atoms with Crippen LogP contribution in [0.3, 0.4) is 0 Å². The molecule has 0 saturated heterocycles. The monoisotopic (exact) mass is 1810 g/mol. The summed E-state index contributed by atoms with van der Waals surface area (Å²) in [5.74, 6) is 2.42. The van der Waals surface area contributed by atoms with Crippen molar-refractivity contribution in [2.24, 2.45) is 16.2 Å². The topological polar surface area (TPSA) is 211 Å². The standard InChI is InChI=1S/2C35H36ClN3O3.C26H20ClN3O.C9H17ClO2.2CH4/c1-34(2,3)33(40)41-24-14-13-23-39-29-21-22-30(36)37-32(29)38-31(39)25-42-35(26-15-7-4-8-16-26,27-17-9-5-10-18-27)28-19-11-6-12-20-28;1-34(2,3)33(40)41-24-14-13-23-39-31(37-29-21-22-30(36)38-32(29)39)25-42-35(26-15-7-4-8-16-26,27-17-9-5-10-18-27)28-19-11-6-12-20-28;27-23-17-16-22-25(29-23)30-24(28-22)18-31-26(19-10-4-1-5-11-19,20-12-6-2-7-13-20)21-14-8-3-9-15-21;1-9(2,3)8(11)12-7-5-4-6-10;;/h2*4-12,15-22H,13-14,23-25H2,1-3H3;1-17H,18H2,(H,28,29,30);4-7H2,1-3H3;2*1H4/p+1. The zero-order valence-corrected chi connectivity index (χ0v) is 76.4. The van der Waals surface area contributed by atoms with Crippen molar-refractivity contribution in [1.29, 1.82) is 0 Å². The van der Waals surface area contributed by atoms with Crippen LogP contribution >= 0.6 is 46.4 Å². The number of rotatable bonds is 32. The number of carbonyl (C=O) groups excluding carboxylic acids is 3. The number of fused-ring (bicyclic) bond motifs is 3. The Balaban J connectivity index is 0.000000189. The molecule has 18 nitrogen and oxygen atoms in total. The number of pyridine rings is 3. The summed E-state index contributed by atoms with van der Waals surface area (Å²) in [5, 5.41) is 1.23. The first-order chi connectivity index (χ1) is 61.3. The highest BCUT2D eigenvalue weighted by Gasteiger charge is 2.42. The maximum atomic E-state index is 12.2. The van der Waals surface area contributed by atoms with Gasteiger partial charge < -0.3 is 38.0 Å². The first-order valence-corrected chi connectivity index (χ1v) is 44.6. The predicted molar refractivity (Wildman–Crippen MR) is 518 cm³/mol. The number of aromatic nitrogens is 9. The fourth-order valence-corrected chi connectivity index (χ4v) is 15.3. The Labute approximate surface area is 779 Å². The lowest BCUT2D eigenvalue weighted by molar-refractivity contribution is -0.683. The van der Waals surface area contributed by atoms with E-state index in [2.05, 4.69) is 148 Å². The van der Waals surface area contributed by atoms with Gasteiger partial charge in [-0.3, -0.25) is 19.4 Å². The zero-order valence-electron chi connectivity index (χ0n) is 73.4. The number of benzene rings is 9. The van der Waals surface area contributed by atoms with E-state index in [1.165, 1.54) is 0 Å². The highest BCUT2D eigenvalue weighted by Crippen LogP contribution is 2.45. The molecule has 0 unspecified atom stereocenters. The molecular formula is C107H118Cl4N9O9+. The first-order valence-electron chi connectivity index (χ1n) is 42.9. The molecule has 0 radical (unpaired) electrons. The Morgan fingerprint density at radius 1 is 0.341 bits per heavy atom. The van der Waals surface area contributed by atoms with E-state index < -0.39 is 27.6 Å². The number of nitrogens with zero attached hydrogens (tertiary/aromatic N) is 7. The number of aromatic amines is 2. The molecule has 0 bridgehead atoms. The number of ether oxygens (including phenoxy) is 6. The Bertz CT molecular complexity index is 5540. The maximum absolute atomic E-state index is 12.2. The van der Waals surface area contributed by atoms with Crippen molar-refractivity contribution in [2.75, 3.05) is 25.7 Å². The van der Waals surface area contributed by atoms with Gasteiger partial charge in [-0.1, -0.05) is 316 Å². The van der Waals surface area contributed by atoms with Crippen LogP contribution < -0.4 is 4.57 Å². The van der Waals surface area contributed by atoms with E-state index in [-0.39, 0.29) is 58.0 Å². The minimum absolute atomic E-state index is 0. The second-order valence-electron chi connectivity index (χ2n) is 33.7.